The van der Waals surface area contributed by atoms with Crippen LogP contribution in [0.2, 0.25) is 0 Å². The van der Waals surface area contributed by atoms with Crippen molar-refractivity contribution in [3.05, 3.63) is 64.8 Å². The third-order valence-electron chi connectivity index (χ3n) is 6.07. The SMILES string of the molecule is CCCn1c(-c2cccc(S(=O)(=O)N3CCC(C(=O)OCC)CC3)c2)csc1=Nc1ccccc1. The predicted octanol–water partition coefficient (Wildman–Crippen LogP) is 4.82. The summed E-state index contributed by atoms with van der Waals surface area (Å²) in [5, 5.41) is 2.04. The molecule has 2 aromatic carbocycles. The Morgan fingerprint density at radius 1 is 1.09 bits per heavy atom. The van der Waals surface area contributed by atoms with Gasteiger partial charge < -0.3 is 9.30 Å². The van der Waals surface area contributed by atoms with E-state index in [1.165, 1.54) is 4.31 Å². The van der Waals surface area contributed by atoms with Crippen LogP contribution >= 0.6 is 11.3 Å². The van der Waals surface area contributed by atoms with Crippen LogP contribution in [0.3, 0.4) is 0 Å². The second-order valence-corrected chi connectivity index (χ2v) is 11.2. The minimum atomic E-state index is -3.67. The molecule has 0 spiro atoms. The first-order valence-corrected chi connectivity index (χ1v) is 14.3. The van der Waals surface area contributed by atoms with Gasteiger partial charge in [0.2, 0.25) is 10.0 Å². The molecule has 1 aliphatic rings. The van der Waals surface area contributed by atoms with Crippen LogP contribution < -0.4 is 4.80 Å². The number of sulfonamides is 1. The Balaban J connectivity index is 1.61. The Bertz CT molecular complexity index is 1320. The van der Waals surface area contributed by atoms with E-state index in [9.17, 15) is 13.2 Å². The van der Waals surface area contributed by atoms with Gasteiger partial charge >= 0.3 is 5.97 Å². The zero-order chi connectivity index (χ0) is 24.8. The lowest BCUT2D eigenvalue weighted by Gasteiger charge is -2.30. The van der Waals surface area contributed by atoms with Crippen LogP contribution in [0.1, 0.15) is 33.1 Å². The van der Waals surface area contributed by atoms with Gasteiger partial charge in [-0.15, -0.1) is 11.3 Å². The molecule has 0 amide bonds. The molecule has 0 unspecified atom stereocenters. The first-order chi connectivity index (χ1) is 16.9. The van der Waals surface area contributed by atoms with Crippen LogP contribution in [0, 0.1) is 5.92 Å². The molecule has 1 aromatic heterocycles. The first-order valence-electron chi connectivity index (χ1n) is 12.0. The Labute approximate surface area is 210 Å². The number of para-hydroxylation sites is 1. The molecule has 0 atom stereocenters. The number of hydrogen-bond acceptors (Lipinski definition) is 6. The molecular weight excluding hydrogens is 482 g/mol. The third-order valence-corrected chi connectivity index (χ3v) is 8.83. The van der Waals surface area contributed by atoms with Crippen molar-refractivity contribution in [1.82, 2.24) is 8.87 Å². The van der Waals surface area contributed by atoms with Gasteiger partial charge in [-0.05, 0) is 50.5 Å². The second kappa shape index (κ2) is 11.3. The van der Waals surface area contributed by atoms with Crippen molar-refractivity contribution in [2.45, 2.75) is 44.6 Å². The number of piperidine rings is 1. The van der Waals surface area contributed by atoms with Gasteiger partial charge in [-0.3, -0.25) is 4.79 Å². The summed E-state index contributed by atoms with van der Waals surface area (Å²) in [5.74, 6) is -0.473. The summed E-state index contributed by atoms with van der Waals surface area (Å²) in [5.41, 5.74) is 2.67. The maximum absolute atomic E-state index is 13.4. The smallest absolute Gasteiger partial charge is 0.309 e. The van der Waals surface area contributed by atoms with Crippen molar-refractivity contribution in [2.24, 2.45) is 10.9 Å². The van der Waals surface area contributed by atoms with Crippen molar-refractivity contribution < 1.29 is 17.9 Å². The van der Waals surface area contributed by atoms with Crippen LogP contribution in [0.15, 0.2) is 69.9 Å². The molecule has 0 N–H and O–H groups in total. The van der Waals surface area contributed by atoms with Crippen molar-refractivity contribution in [3.8, 4) is 11.3 Å². The molecule has 0 aliphatic carbocycles. The zero-order valence-electron chi connectivity index (χ0n) is 20.1. The average molecular weight is 514 g/mol. The maximum Gasteiger partial charge on any atom is 0.309 e. The highest BCUT2D eigenvalue weighted by Gasteiger charge is 2.32. The number of thiazole rings is 1. The predicted molar refractivity (Wildman–Crippen MR) is 138 cm³/mol. The fraction of sp³-hybridized carbons (Fsp3) is 0.385. The summed E-state index contributed by atoms with van der Waals surface area (Å²) < 4.78 is 35.6. The highest BCUT2D eigenvalue weighted by molar-refractivity contribution is 7.89. The number of nitrogens with zero attached hydrogens (tertiary/aromatic N) is 3. The molecule has 1 saturated heterocycles. The monoisotopic (exact) mass is 513 g/mol. The highest BCUT2D eigenvalue weighted by Crippen LogP contribution is 2.28. The van der Waals surface area contributed by atoms with Gasteiger partial charge in [-0.2, -0.15) is 4.31 Å². The van der Waals surface area contributed by atoms with Gasteiger partial charge in [0.15, 0.2) is 4.80 Å². The number of rotatable bonds is 8. The van der Waals surface area contributed by atoms with Gasteiger partial charge in [0, 0.05) is 30.6 Å². The van der Waals surface area contributed by atoms with E-state index in [1.807, 2.05) is 41.8 Å². The Hall–Kier alpha value is -2.75. The molecule has 0 radical (unpaired) electrons. The van der Waals surface area contributed by atoms with Gasteiger partial charge in [-0.1, -0.05) is 37.3 Å². The standard InChI is InChI=1S/C26H31N3O4S2/c1-3-15-29-24(19-34-26(29)27-22-10-6-5-7-11-22)21-9-8-12-23(18-21)35(31,32)28-16-13-20(14-17-28)25(30)33-4-2/h5-12,18-20H,3-4,13-17H2,1-2H3. The van der Waals surface area contributed by atoms with Crippen LogP contribution in [0.25, 0.3) is 11.3 Å². The maximum atomic E-state index is 13.4. The molecule has 9 heteroatoms. The lowest BCUT2D eigenvalue weighted by atomic mass is 9.98. The van der Waals surface area contributed by atoms with Gasteiger partial charge in [-0.25, -0.2) is 13.4 Å². The van der Waals surface area contributed by atoms with E-state index in [4.69, 9.17) is 9.73 Å². The summed E-state index contributed by atoms with van der Waals surface area (Å²) in [7, 11) is -3.67. The molecule has 35 heavy (non-hydrogen) atoms. The largest absolute Gasteiger partial charge is 0.466 e. The third kappa shape index (κ3) is 5.74. The molecule has 186 valence electrons. The van der Waals surface area contributed by atoms with Crippen LogP contribution in [0.5, 0.6) is 0 Å². The number of carbonyl (C=O) groups excluding carboxylic acids is 1. The van der Waals surface area contributed by atoms with E-state index in [0.29, 0.717) is 32.5 Å². The van der Waals surface area contributed by atoms with E-state index >= 15 is 0 Å². The summed E-state index contributed by atoms with van der Waals surface area (Å²) in [6, 6.07) is 16.9. The van der Waals surface area contributed by atoms with Crippen LogP contribution in [-0.2, 0) is 26.1 Å². The van der Waals surface area contributed by atoms with Crippen molar-refractivity contribution in [1.29, 1.82) is 0 Å². The normalized spacial score (nSPS) is 15.9. The fourth-order valence-electron chi connectivity index (χ4n) is 4.26. The molecule has 2 heterocycles. The minimum Gasteiger partial charge on any atom is -0.466 e. The van der Waals surface area contributed by atoms with E-state index in [0.717, 1.165) is 34.7 Å². The molecule has 3 aromatic rings. The van der Waals surface area contributed by atoms with Gasteiger partial charge in [0.1, 0.15) is 0 Å². The zero-order valence-corrected chi connectivity index (χ0v) is 21.7. The Morgan fingerprint density at radius 2 is 1.83 bits per heavy atom. The molecule has 7 nitrogen and oxygen atoms in total. The summed E-state index contributed by atoms with van der Waals surface area (Å²) in [4.78, 5) is 18.0. The number of benzene rings is 2. The highest BCUT2D eigenvalue weighted by atomic mass is 32.2. The molecule has 0 saturated carbocycles. The molecule has 0 bridgehead atoms. The molecule has 1 fully saturated rings. The van der Waals surface area contributed by atoms with Crippen molar-refractivity contribution in [3.63, 3.8) is 0 Å². The summed E-state index contributed by atoms with van der Waals surface area (Å²) >= 11 is 1.55. The van der Waals surface area contributed by atoms with Gasteiger partial charge in [0.05, 0.1) is 28.8 Å². The fourth-order valence-corrected chi connectivity index (χ4v) is 6.73. The van der Waals surface area contributed by atoms with Gasteiger partial charge in [0.25, 0.3) is 0 Å². The molecule has 1 aliphatic heterocycles. The quantitative estimate of drug-likeness (QED) is 0.404. The topological polar surface area (TPSA) is 81.0 Å². The summed E-state index contributed by atoms with van der Waals surface area (Å²) in [6.45, 7) is 5.63. The number of ether oxygens (including phenoxy) is 1. The van der Waals surface area contributed by atoms with E-state index in [2.05, 4.69) is 11.5 Å². The lowest BCUT2D eigenvalue weighted by Crippen LogP contribution is -2.40. The van der Waals surface area contributed by atoms with E-state index in [1.54, 1.807) is 36.5 Å². The van der Waals surface area contributed by atoms with Crippen LogP contribution in [0.4, 0.5) is 5.69 Å². The van der Waals surface area contributed by atoms with Crippen molar-refractivity contribution in [2.75, 3.05) is 19.7 Å². The number of carbonyl (C=O) groups is 1. The first kappa shape index (κ1) is 25.3. The summed E-state index contributed by atoms with van der Waals surface area (Å²) in [6.07, 6.45) is 1.88. The Morgan fingerprint density at radius 3 is 2.51 bits per heavy atom. The number of hydrogen-bond donors (Lipinski definition) is 0. The number of aromatic nitrogens is 1. The van der Waals surface area contributed by atoms with Crippen LogP contribution in [-0.4, -0.2) is 43.0 Å². The van der Waals surface area contributed by atoms with E-state index in [-0.39, 0.29) is 16.8 Å². The number of esters is 1. The molecular formula is C26H31N3O4S2. The average Bonchev–Trinajstić information content (AvgIpc) is 3.27. The van der Waals surface area contributed by atoms with Crippen molar-refractivity contribution >= 4 is 33.0 Å². The van der Waals surface area contributed by atoms with E-state index < -0.39 is 10.0 Å². The minimum absolute atomic E-state index is 0.235. The Kier molecular flexibility index (Phi) is 8.20. The lowest BCUT2D eigenvalue weighted by molar-refractivity contribution is -0.149. The second-order valence-electron chi connectivity index (χ2n) is 8.46. The molecule has 4 rings (SSSR count).